The van der Waals surface area contributed by atoms with Gasteiger partial charge in [-0.1, -0.05) is 206 Å². The number of phosphoric acid groups is 1. The average molecular weight is 874 g/mol. The molecule has 0 aromatic rings. The number of allylic oxidation sites excluding steroid dienone is 2. The maximum absolute atomic E-state index is 12.7. The van der Waals surface area contributed by atoms with Crippen molar-refractivity contribution >= 4 is 25.7 Å². The van der Waals surface area contributed by atoms with E-state index in [1.165, 1.54) is 161 Å². The average Bonchev–Trinajstić information content (AvgIpc) is 3.22. The van der Waals surface area contributed by atoms with Crippen molar-refractivity contribution in [3.05, 3.63) is 12.2 Å². The van der Waals surface area contributed by atoms with E-state index in [0.717, 1.165) is 44.9 Å². The number of carboxylic acid groups (broad SMARTS) is 1. The molecule has 0 aromatic carbocycles. The summed E-state index contributed by atoms with van der Waals surface area (Å²) in [5, 5.41) is 8.91. The Balaban J connectivity index is 4.24. The van der Waals surface area contributed by atoms with Crippen LogP contribution >= 0.6 is 7.82 Å². The molecule has 0 rings (SSSR count). The van der Waals surface area contributed by atoms with Crippen LogP contribution in [0.1, 0.15) is 245 Å². The summed E-state index contributed by atoms with van der Waals surface area (Å²) in [4.78, 5) is 46.1. The van der Waals surface area contributed by atoms with Crippen molar-refractivity contribution in [2.45, 2.75) is 257 Å². The highest BCUT2D eigenvalue weighted by Gasteiger charge is 2.28. The summed E-state index contributed by atoms with van der Waals surface area (Å²) in [6.07, 6.45) is 45.6. The van der Waals surface area contributed by atoms with E-state index in [1.54, 1.807) is 0 Å². The zero-order valence-corrected chi connectivity index (χ0v) is 39.5. The van der Waals surface area contributed by atoms with Gasteiger partial charge < -0.3 is 25.2 Å². The molecule has 0 saturated heterocycles. The minimum Gasteiger partial charge on any atom is -0.480 e. The molecular weight excluding hydrogens is 781 g/mol. The van der Waals surface area contributed by atoms with Crippen molar-refractivity contribution in [3.63, 3.8) is 0 Å². The Kier molecular flexibility index (Phi) is 42.6. The van der Waals surface area contributed by atoms with Gasteiger partial charge in [0.05, 0.1) is 13.2 Å². The van der Waals surface area contributed by atoms with E-state index in [2.05, 4.69) is 30.5 Å². The number of hydrogen-bond acceptors (Lipinski definition) is 9. The van der Waals surface area contributed by atoms with E-state index in [4.69, 9.17) is 24.8 Å². The summed E-state index contributed by atoms with van der Waals surface area (Å²) < 4.78 is 32.8. The summed E-state index contributed by atoms with van der Waals surface area (Å²) in [5.41, 5.74) is 5.35. The molecule has 3 atom stereocenters. The van der Waals surface area contributed by atoms with Gasteiger partial charge in [0, 0.05) is 12.8 Å². The van der Waals surface area contributed by atoms with Crippen LogP contribution in [0.3, 0.4) is 0 Å². The smallest absolute Gasteiger partial charge is 0.472 e. The number of ether oxygens (including phenoxy) is 2. The summed E-state index contributed by atoms with van der Waals surface area (Å²) in [7, 11) is -4.72. The monoisotopic (exact) mass is 874 g/mol. The molecular formula is C48H92NO10P. The number of carbonyl (C=O) groups excluding carboxylic acids is 2. The predicted octanol–water partition coefficient (Wildman–Crippen LogP) is 13.6. The molecule has 0 radical (unpaired) electrons. The number of esters is 2. The first-order chi connectivity index (χ1) is 29.1. The third-order valence-electron chi connectivity index (χ3n) is 11.0. The molecule has 0 bridgehead atoms. The first-order valence-corrected chi connectivity index (χ1v) is 26.2. The molecule has 4 N–H and O–H groups in total. The van der Waals surface area contributed by atoms with Gasteiger partial charge >= 0.3 is 25.7 Å². The fraction of sp³-hybridized carbons (Fsp3) is 0.896. The van der Waals surface area contributed by atoms with E-state index in [1.807, 2.05) is 0 Å². The van der Waals surface area contributed by atoms with Crippen LogP contribution in [-0.2, 0) is 37.5 Å². The number of hydrogen-bond donors (Lipinski definition) is 3. The van der Waals surface area contributed by atoms with Gasteiger partial charge in [-0.3, -0.25) is 23.4 Å². The number of aliphatic carboxylic acids is 1. The zero-order valence-electron chi connectivity index (χ0n) is 38.6. The minimum atomic E-state index is -4.72. The predicted molar refractivity (Wildman–Crippen MR) is 245 cm³/mol. The maximum Gasteiger partial charge on any atom is 0.472 e. The Morgan fingerprint density at radius 2 is 0.833 bits per heavy atom. The van der Waals surface area contributed by atoms with E-state index in [9.17, 15) is 23.8 Å². The molecule has 0 fully saturated rings. The van der Waals surface area contributed by atoms with Crippen LogP contribution in [-0.4, -0.2) is 59.9 Å². The third-order valence-corrected chi connectivity index (χ3v) is 12.0. The summed E-state index contributed by atoms with van der Waals surface area (Å²) in [5.74, 6) is -2.36. The van der Waals surface area contributed by atoms with Gasteiger partial charge in [-0.25, -0.2) is 4.57 Å². The van der Waals surface area contributed by atoms with Crippen LogP contribution in [0.5, 0.6) is 0 Å². The Morgan fingerprint density at radius 3 is 1.22 bits per heavy atom. The second kappa shape index (κ2) is 43.9. The van der Waals surface area contributed by atoms with Crippen molar-refractivity contribution in [3.8, 4) is 0 Å². The molecule has 0 aliphatic rings. The lowest BCUT2D eigenvalue weighted by Crippen LogP contribution is -2.34. The van der Waals surface area contributed by atoms with Gasteiger partial charge in [-0.2, -0.15) is 0 Å². The Morgan fingerprint density at radius 1 is 0.500 bits per heavy atom. The summed E-state index contributed by atoms with van der Waals surface area (Å²) >= 11 is 0. The quantitative estimate of drug-likeness (QED) is 0.0230. The molecule has 0 heterocycles. The Hall–Kier alpha value is -1.78. The number of carbonyl (C=O) groups is 3. The number of rotatable bonds is 47. The van der Waals surface area contributed by atoms with E-state index in [0.29, 0.717) is 12.8 Å². The molecule has 0 aliphatic carbocycles. The van der Waals surface area contributed by atoms with Crippen molar-refractivity contribution in [1.82, 2.24) is 0 Å². The van der Waals surface area contributed by atoms with Gasteiger partial charge in [0.15, 0.2) is 6.10 Å². The molecule has 11 nitrogen and oxygen atoms in total. The van der Waals surface area contributed by atoms with Crippen molar-refractivity contribution in [2.75, 3.05) is 19.8 Å². The van der Waals surface area contributed by atoms with Crippen LogP contribution in [0.15, 0.2) is 12.2 Å². The number of carboxylic acids is 1. The van der Waals surface area contributed by atoms with Crippen molar-refractivity contribution in [2.24, 2.45) is 5.73 Å². The van der Waals surface area contributed by atoms with Crippen molar-refractivity contribution in [1.29, 1.82) is 0 Å². The highest BCUT2D eigenvalue weighted by atomic mass is 31.2. The number of unbranched alkanes of at least 4 members (excludes halogenated alkanes) is 31. The number of phosphoric ester groups is 1. The molecule has 1 unspecified atom stereocenters. The van der Waals surface area contributed by atoms with E-state index >= 15 is 0 Å². The van der Waals surface area contributed by atoms with Gasteiger partial charge in [-0.15, -0.1) is 0 Å². The van der Waals surface area contributed by atoms with Gasteiger partial charge in [0.1, 0.15) is 12.6 Å². The molecule has 0 aliphatic heterocycles. The highest BCUT2D eigenvalue weighted by Crippen LogP contribution is 2.43. The van der Waals surface area contributed by atoms with Gasteiger partial charge in [-0.05, 0) is 38.5 Å². The third kappa shape index (κ3) is 42.9. The van der Waals surface area contributed by atoms with E-state index < -0.39 is 51.1 Å². The van der Waals surface area contributed by atoms with Crippen molar-refractivity contribution < 1.29 is 47.5 Å². The first kappa shape index (κ1) is 58.2. The van der Waals surface area contributed by atoms with Crippen LogP contribution in [0, 0.1) is 0 Å². The highest BCUT2D eigenvalue weighted by molar-refractivity contribution is 7.47. The number of nitrogens with two attached hydrogens (primary N) is 1. The summed E-state index contributed by atoms with van der Waals surface area (Å²) in [6.45, 7) is 2.84. The first-order valence-electron chi connectivity index (χ1n) is 24.7. The van der Waals surface area contributed by atoms with Crippen LogP contribution < -0.4 is 5.73 Å². The molecule has 0 saturated carbocycles. The van der Waals surface area contributed by atoms with Crippen LogP contribution in [0.25, 0.3) is 0 Å². The Bertz CT molecular complexity index is 1070. The fourth-order valence-corrected chi connectivity index (χ4v) is 7.90. The molecule has 12 heteroatoms. The van der Waals surface area contributed by atoms with Gasteiger partial charge in [0.25, 0.3) is 0 Å². The second-order valence-corrected chi connectivity index (χ2v) is 18.4. The van der Waals surface area contributed by atoms with E-state index in [-0.39, 0.29) is 19.4 Å². The van der Waals surface area contributed by atoms with Crippen LogP contribution in [0.2, 0.25) is 0 Å². The largest absolute Gasteiger partial charge is 0.480 e. The lowest BCUT2D eigenvalue weighted by Gasteiger charge is -2.20. The Labute approximate surface area is 367 Å². The minimum absolute atomic E-state index is 0.161. The second-order valence-electron chi connectivity index (χ2n) is 17.0. The zero-order chi connectivity index (χ0) is 44.2. The fourth-order valence-electron chi connectivity index (χ4n) is 7.12. The molecule has 0 spiro atoms. The maximum atomic E-state index is 12.7. The van der Waals surface area contributed by atoms with Crippen LogP contribution in [0.4, 0.5) is 0 Å². The normalized spacial score (nSPS) is 13.7. The lowest BCUT2D eigenvalue weighted by atomic mass is 10.0. The standard InChI is InChI=1S/C48H92NO10P/c1-3-5-7-9-11-13-15-17-19-21-22-24-25-27-29-31-33-35-37-39-46(50)56-41-44(42-57-60(54,55)58-43-45(49)48(52)53)59-47(51)40-38-36-34-32-30-28-26-23-20-18-16-14-12-10-8-6-4-2/h18,20,44-45H,3-17,19,21-43,49H2,1-2H3,(H,52,53)(H,54,55)/b20-18-/t44-,45+/m1/s1. The molecule has 354 valence electrons. The lowest BCUT2D eigenvalue weighted by molar-refractivity contribution is -0.161. The van der Waals surface area contributed by atoms with Gasteiger partial charge in [0.2, 0.25) is 0 Å². The topological polar surface area (TPSA) is 172 Å². The molecule has 60 heavy (non-hydrogen) atoms. The summed E-state index contributed by atoms with van der Waals surface area (Å²) in [6, 6.07) is -1.52. The molecule has 0 aromatic heterocycles. The molecule has 0 amide bonds. The SMILES string of the molecule is CCCCCCCC/C=C\CCCCCCCCCC(=O)O[C@H](COC(=O)CCCCCCCCCCCCCCCCCCCCC)COP(=O)(O)OC[C@H](N)C(=O)O.